The van der Waals surface area contributed by atoms with Crippen molar-refractivity contribution in [3.8, 4) is 5.75 Å². The van der Waals surface area contributed by atoms with Crippen LogP contribution in [-0.4, -0.2) is 30.2 Å². The number of anilines is 1. The van der Waals surface area contributed by atoms with Crippen molar-refractivity contribution in [3.63, 3.8) is 0 Å². The normalized spacial score (nSPS) is 13.8. The quantitative estimate of drug-likeness (QED) is 0.452. The van der Waals surface area contributed by atoms with Gasteiger partial charge in [-0.15, -0.1) is 0 Å². The van der Waals surface area contributed by atoms with Crippen LogP contribution in [0.5, 0.6) is 5.75 Å². The molecule has 0 saturated carbocycles. The molecular formula is C19H16BrF3N2O4. The van der Waals surface area contributed by atoms with E-state index in [0.29, 0.717) is 18.7 Å². The number of rotatable bonds is 4. The van der Waals surface area contributed by atoms with Gasteiger partial charge in [0.2, 0.25) is 0 Å². The summed E-state index contributed by atoms with van der Waals surface area (Å²) < 4.78 is 42.8. The lowest BCUT2D eigenvalue weighted by Crippen LogP contribution is -2.36. The highest BCUT2D eigenvalue weighted by atomic mass is 79.9. The first-order valence-electron chi connectivity index (χ1n) is 8.66. The highest BCUT2D eigenvalue weighted by molar-refractivity contribution is 9.10. The van der Waals surface area contributed by atoms with Gasteiger partial charge in [-0.2, -0.15) is 13.2 Å². The maximum Gasteiger partial charge on any atom is 0.422 e. The number of hydrogen-bond acceptors (Lipinski definition) is 4. The van der Waals surface area contributed by atoms with E-state index in [-0.39, 0.29) is 11.3 Å². The molecule has 1 amide bonds. The van der Waals surface area contributed by atoms with Crippen molar-refractivity contribution in [1.82, 2.24) is 0 Å². The third kappa shape index (κ3) is 4.52. The Morgan fingerprint density at radius 1 is 1.31 bits per heavy atom. The molecule has 1 aliphatic rings. The maximum absolute atomic E-state index is 13.2. The van der Waals surface area contributed by atoms with Crippen LogP contribution in [0.4, 0.5) is 24.5 Å². The molecule has 0 N–H and O–H groups in total. The molecule has 0 aromatic heterocycles. The predicted molar refractivity (Wildman–Crippen MR) is 104 cm³/mol. The molecule has 0 aliphatic carbocycles. The van der Waals surface area contributed by atoms with E-state index >= 15 is 0 Å². The second-order valence-electron chi connectivity index (χ2n) is 6.59. The second-order valence-corrected chi connectivity index (χ2v) is 7.39. The summed E-state index contributed by atoms with van der Waals surface area (Å²) in [5.74, 6) is -0.926. The van der Waals surface area contributed by atoms with Gasteiger partial charge in [-0.3, -0.25) is 14.9 Å². The van der Waals surface area contributed by atoms with Gasteiger partial charge in [-0.25, -0.2) is 0 Å². The van der Waals surface area contributed by atoms with E-state index in [1.54, 1.807) is 6.07 Å². The van der Waals surface area contributed by atoms with Gasteiger partial charge < -0.3 is 9.64 Å². The number of halogens is 4. The minimum atomic E-state index is -4.57. The number of amides is 1. The van der Waals surface area contributed by atoms with Crippen LogP contribution in [0.25, 0.3) is 0 Å². The summed E-state index contributed by atoms with van der Waals surface area (Å²) in [5, 5.41) is 11.4. The molecule has 10 heteroatoms. The smallest absolute Gasteiger partial charge is 0.422 e. The number of ether oxygens (including phenoxy) is 1. The zero-order valence-corrected chi connectivity index (χ0v) is 16.8. The first-order valence-corrected chi connectivity index (χ1v) is 9.45. The van der Waals surface area contributed by atoms with Crippen LogP contribution in [0, 0.1) is 17.0 Å². The third-order valence-electron chi connectivity index (χ3n) is 4.55. The van der Waals surface area contributed by atoms with Crippen molar-refractivity contribution in [2.24, 2.45) is 0 Å². The molecule has 0 saturated heterocycles. The molecule has 0 bridgehead atoms. The van der Waals surface area contributed by atoms with Gasteiger partial charge in [-0.1, -0.05) is 22.0 Å². The Morgan fingerprint density at radius 2 is 2.03 bits per heavy atom. The Morgan fingerprint density at radius 3 is 2.69 bits per heavy atom. The van der Waals surface area contributed by atoms with Gasteiger partial charge in [-0.05, 0) is 49.1 Å². The van der Waals surface area contributed by atoms with Crippen LogP contribution in [0.15, 0.2) is 34.8 Å². The van der Waals surface area contributed by atoms with Crippen LogP contribution in [0.2, 0.25) is 0 Å². The Hall–Kier alpha value is -2.62. The minimum Gasteiger partial charge on any atom is -0.484 e. The number of alkyl halides is 3. The molecule has 0 spiro atoms. The molecular weight excluding hydrogens is 457 g/mol. The van der Waals surface area contributed by atoms with Crippen LogP contribution in [0.1, 0.15) is 27.9 Å². The molecule has 154 valence electrons. The number of benzene rings is 2. The topological polar surface area (TPSA) is 72.7 Å². The first-order chi connectivity index (χ1) is 13.6. The van der Waals surface area contributed by atoms with Gasteiger partial charge in [0.05, 0.1) is 4.92 Å². The highest BCUT2D eigenvalue weighted by Gasteiger charge is 2.32. The van der Waals surface area contributed by atoms with E-state index < -0.39 is 29.3 Å². The molecule has 29 heavy (non-hydrogen) atoms. The number of nitro benzene ring substituents is 1. The average molecular weight is 473 g/mol. The summed E-state index contributed by atoms with van der Waals surface area (Å²) in [7, 11) is 0. The van der Waals surface area contributed by atoms with Gasteiger partial charge in [0, 0.05) is 22.8 Å². The van der Waals surface area contributed by atoms with Crippen molar-refractivity contribution in [2.75, 3.05) is 18.1 Å². The molecule has 0 radical (unpaired) electrons. The Labute approximate surface area is 172 Å². The van der Waals surface area contributed by atoms with Gasteiger partial charge in [0.15, 0.2) is 6.61 Å². The lowest BCUT2D eigenvalue weighted by Gasteiger charge is -2.30. The monoisotopic (exact) mass is 472 g/mol. The number of nitrogens with zero attached hydrogens (tertiary/aromatic N) is 2. The van der Waals surface area contributed by atoms with E-state index in [9.17, 15) is 28.1 Å². The average Bonchev–Trinajstić information content (AvgIpc) is 2.67. The van der Waals surface area contributed by atoms with Crippen LogP contribution >= 0.6 is 15.9 Å². The number of aryl methyl sites for hydroxylation is 1. The number of carbonyl (C=O) groups excluding carboxylic acids is 1. The number of carbonyl (C=O) groups is 1. The standard InChI is InChI=1S/C19H16BrF3N2O4/c1-11-4-6-15-13(17(11)20)3-2-8-24(15)18(26)14-9-12(29-10-19(21,22)23)5-7-16(14)25(27)28/h4-7,9H,2-3,8,10H2,1H3. The van der Waals surface area contributed by atoms with Crippen molar-refractivity contribution in [1.29, 1.82) is 0 Å². The van der Waals surface area contributed by atoms with E-state index in [2.05, 4.69) is 20.7 Å². The largest absolute Gasteiger partial charge is 0.484 e. The number of nitro groups is 1. The predicted octanol–water partition coefficient (Wildman–Crippen LogP) is 5.20. The zero-order valence-electron chi connectivity index (χ0n) is 15.3. The van der Waals surface area contributed by atoms with Crippen LogP contribution in [-0.2, 0) is 6.42 Å². The first kappa shape index (κ1) is 21.1. The number of fused-ring (bicyclic) bond motifs is 1. The Kier molecular flexibility index (Phi) is 5.83. The molecule has 0 unspecified atom stereocenters. The lowest BCUT2D eigenvalue weighted by atomic mass is 9.98. The molecule has 6 nitrogen and oxygen atoms in total. The molecule has 0 fully saturated rings. The highest BCUT2D eigenvalue weighted by Crippen LogP contribution is 2.37. The van der Waals surface area contributed by atoms with Crippen molar-refractivity contribution in [2.45, 2.75) is 25.9 Å². The van der Waals surface area contributed by atoms with Crippen molar-refractivity contribution < 1.29 is 27.6 Å². The fraction of sp³-hybridized carbons (Fsp3) is 0.316. The van der Waals surface area contributed by atoms with Crippen molar-refractivity contribution >= 4 is 33.2 Å². The second kappa shape index (κ2) is 8.02. The minimum absolute atomic E-state index is 0.265. The summed E-state index contributed by atoms with van der Waals surface area (Å²) in [6, 6.07) is 6.61. The lowest BCUT2D eigenvalue weighted by molar-refractivity contribution is -0.385. The summed E-state index contributed by atoms with van der Waals surface area (Å²) in [5.41, 5.74) is 1.71. The molecule has 2 aromatic rings. The summed E-state index contributed by atoms with van der Waals surface area (Å²) in [4.78, 5) is 25.2. The van der Waals surface area contributed by atoms with E-state index in [4.69, 9.17) is 0 Å². The van der Waals surface area contributed by atoms with Crippen molar-refractivity contribution in [3.05, 3.63) is 61.6 Å². The fourth-order valence-electron chi connectivity index (χ4n) is 3.21. The van der Waals surface area contributed by atoms with Crippen LogP contribution in [0.3, 0.4) is 0 Å². The van der Waals surface area contributed by atoms with Crippen LogP contribution < -0.4 is 9.64 Å². The fourth-order valence-corrected chi connectivity index (χ4v) is 3.74. The molecule has 0 atom stereocenters. The van der Waals surface area contributed by atoms with E-state index in [0.717, 1.165) is 40.2 Å². The van der Waals surface area contributed by atoms with Gasteiger partial charge >= 0.3 is 6.18 Å². The SMILES string of the molecule is Cc1ccc2c(c1Br)CCCN2C(=O)c1cc(OCC(F)(F)F)ccc1[N+](=O)[O-]. The Bertz CT molecular complexity index is 979. The number of hydrogen-bond donors (Lipinski definition) is 0. The maximum atomic E-state index is 13.2. The van der Waals surface area contributed by atoms with Gasteiger partial charge in [0.1, 0.15) is 11.3 Å². The zero-order chi connectivity index (χ0) is 21.3. The molecule has 1 heterocycles. The van der Waals surface area contributed by atoms with E-state index in [1.165, 1.54) is 4.90 Å². The summed E-state index contributed by atoms with van der Waals surface area (Å²) in [6.07, 6.45) is -3.18. The summed E-state index contributed by atoms with van der Waals surface area (Å²) >= 11 is 3.51. The third-order valence-corrected chi connectivity index (χ3v) is 5.66. The van der Waals surface area contributed by atoms with E-state index in [1.807, 2.05) is 13.0 Å². The molecule has 2 aromatic carbocycles. The molecule has 1 aliphatic heterocycles. The summed E-state index contributed by atoms with van der Waals surface area (Å²) in [6.45, 7) is 0.695. The molecule has 3 rings (SSSR count). The Balaban J connectivity index is 2.01. The van der Waals surface area contributed by atoms with Gasteiger partial charge in [0.25, 0.3) is 11.6 Å².